The van der Waals surface area contributed by atoms with Crippen LogP contribution in [0, 0.1) is 0 Å². The van der Waals surface area contributed by atoms with Crippen LogP contribution in [0.5, 0.6) is 0 Å². The average Bonchev–Trinajstić information content (AvgIpc) is 2.65. The van der Waals surface area contributed by atoms with Crippen molar-refractivity contribution in [2.45, 2.75) is 22.6 Å². The monoisotopic (exact) mass is 450 g/mol. The molecule has 2 N–H and O–H groups in total. The molecule has 0 unspecified atom stereocenters. The van der Waals surface area contributed by atoms with Gasteiger partial charge < -0.3 is 0 Å². The minimum atomic E-state index is -4.67. The van der Waals surface area contributed by atoms with Crippen molar-refractivity contribution in [1.82, 2.24) is 0 Å². The molecular formula is C18H14N2O6S3. The Hall–Kier alpha value is -2.31. The highest BCUT2D eigenvalue weighted by Gasteiger charge is 2.26. The highest BCUT2D eigenvalue weighted by Crippen LogP contribution is 2.41. The van der Waals surface area contributed by atoms with Gasteiger partial charge >= 0.3 is 0 Å². The molecule has 4 rings (SSSR count). The molecule has 0 spiro atoms. The van der Waals surface area contributed by atoms with E-state index in [4.69, 9.17) is 0 Å². The Labute approximate surface area is 171 Å². The van der Waals surface area contributed by atoms with Crippen molar-refractivity contribution in [3.05, 3.63) is 64.1 Å². The molecule has 0 atom stereocenters. The van der Waals surface area contributed by atoms with Crippen LogP contribution in [0.4, 0.5) is 5.69 Å². The number of allylic oxidation sites excluding steroid dienone is 7. The Bertz CT molecular complexity index is 1310. The highest BCUT2D eigenvalue weighted by molar-refractivity contribution is 8.08. The van der Waals surface area contributed by atoms with Crippen LogP contribution in [0.3, 0.4) is 0 Å². The predicted molar refractivity (Wildman–Crippen MR) is 111 cm³/mol. The van der Waals surface area contributed by atoms with Crippen molar-refractivity contribution >= 4 is 49.1 Å². The summed E-state index contributed by atoms with van der Waals surface area (Å²) < 4.78 is 65.2. The number of hydrogen-bond donors (Lipinski definition) is 2. The predicted octanol–water partition coefficient (Wildman–Crippen LogP) is 3.46. The van der Waals surface area contributed by atoms with Crippen molar-refractivity contribution in [3.8, 4) is 0 Å². The Balaban J connectivity index is 1.88. The smallest absolute Gasteiger partial charge is 0.282 e. The molecule has 3 aliphatic rings. The van der Waals surface area contributed by atoms with Gasteiger partial charge in [-0.25, -0.2) is 4.99 Å². The van der Waals surface area contributed by atoms with E-state index in [0.29, 0.717) is 17.8 Å². The molecule has 1 aromatic rings. The zero-order chi connectivity index (χ0) is 20.8. The first-order valence-electron chi connectivity index (χ1n) is 8.34. The Morgan fingerprint density at radius 3 is 2.55 bits per heavy atom. The second-order valence-electron chi connectivity index (χ2n) is 6.26. The first-order valence-corrected chi connectivity index (χ1v) is 12.0. The zero-order valence-corrected chi connectivity index (χ0v) is 17.1. The molecule has 0 aromatic heterocycles. The van der Waals surface area contributed by atoms with Crippen LogP contribution in [-0.2, 0) is 20.2 Å². The van der Waals surface area contributed by atoms with E-state index in [1.807, 2.05) is 30.4 Å². The molecule has 1 heterocycles. The van der Waals surface area contributed by atoms with Crippen molar-refractivity contribution < 1.29 is 25.9 Å². The second kappa shape index (κ2) is 7.18. The molecule has 0 saturated heterocycles. The molecule has 29 heavy (non-hydrogen) atoms. The third kappa shape index (κ3) is 4.05. The SMILES string of the molecule is O=S(=O)(O)c1ccc(S(=O)(=O)O)c(N=C2CC=CC3=C2SC2=CCC=CC2=N3)c1. The van der Waals surface area contributed by atoms with Gasteiger partial charge in [0.05, 0.1) is 32.6 Å². The van der Waals surface area contributed by atoms with Gasteiger partial charge in [-0.2, -0.15) is 16.8 Å². The molecule has 1 aromatic carbocycles. The third-order valence-corrected chi connectivity index (χ3v) is 7.26. The molecule has 0 bridgehead atoms. The fraction of sp³-hybridized carbons (Fsp3) is 0.111. The van der Waals surface area contributed by atoms with E-state index in [9.17, 15) is 25.9 Å². The molecule has 8 nitrogen and oxygen atoms in total. The van der Waals surface area contributed by atoms with E-state index in [2.05, 4.69) is 9.98 Å². The molecule has 0 amide bonds. The first-order chi connectivity index (χ1) is 13.6. The number of nitrogens with zero attached hydrogens (tertiary/aromatic N) is 2. The van der Waals surface area contributed by atoms with Gasteiger partial charge in [0, 0.05) is 11.3 Å². The number of thioether (sulfide) groups is 1. The maximum atomic E-state index is 11.7. The Morgan fingerprint density at radius 2 is 1.83 bits per heavy atom. The van der Waals surface area contributed by atoms with E-state index >= 15 is 0 Å². The van der Waals surface area contributed by atoms with Crippen LogP contribution in [-0.4, -0.2) is 37.4 Å². The lowest BCUT2D eigenvalue weighted by molar-refractivity contribution is 0.478. The van der Waals surface area contributed by atoms with Crippen LogP contribution in [0.1, 0.15) is 12.8 Å². The van der Waals surface area contributed by atoms with Gasteiger partial charge in [-0.15, -0.1) is 0 Å². The van der Waals surface area contributed by atoms with Gasteiger partial charge in [0.25, 0.3) is 20.2 Å². The van der Waals surface area contributed by atoms with E-state index in [1.165, 1.54) is 11.8 Å². The van der Waals surface area contributed by atoms with Crippen LogP contribution < -0.4 is 0 Å². The van der Waals surface area contributed by atoms with Gasteiger partial charge in [-0.1, -0.05) is 30.0 Å². The van der Waals surface area contributed by atoms with Gasteiger partial charge in [0.15, 0.2) is 0 Å². The molecular weight excluding hydrogens is 436 g/mol. The largest absolute Gasteiger partial charge is 0.296 e. The van der Waals surface area contributed by atoms with Crippen molar-refractivity contribution in [1.29, 1.82) is 0 Å². The summed E-state index contributed by atoms with van der Waals surface area (Å²) in [7, 11) is -9.25. The van der Waals surface area contributed by atoms with Crippen LogP contribution in [0.25, 0.3) is 0 Å². The number of aliphatic imine (C=N–C) groups is 2. The van der Waals surface area contributed by atoms with E-state index in [1.54, 1.807) is 0 Å². The molecule has 11 heteroatoms. The maximum Gasteiger partial charge on any atom is 0.296 e. The quantitative estimate of drug-likeness (QED) is 0.674. The molecule has 2 aliphatic carbocycles. The van der Waals surface area contributed by atoms with E-state index in [0.717, 1.165) is 40.1 Å². The van der Waals surface area contributed by atoms with Crippen molar-refractivity contribution in [2.75, 3.05) is 0 Å². The highest BCUT2D eigenvalue weighted by atomic mass is 32.2. The fourth-order valence-corrected chi connectivity index (χ4v) is 5.16. The Kier molecular flexibility index (Phi) is 4.95. The van der Waals surface area contributed by atoms with Crippen LogP contribution in [0.2, 0.25) is 0 Å². The van der Waals surface area contributed by atoms with Crippen LogP contribution in [0.15, 0.2) is 83.9 Å². The van der Waals surface area contributed by atoms with Gasteiger partial charge in [0.1, 0.15) is 4.90 Å². The topological polar surface area (TPSA) is 133 Å². The third-order valence-electron chi connectivity index (χ3n) is 4.26. The van der Waals surface area contributed by atoms with Gasteiger partial charge in [-0.05, 0) is 36.8 Å². The summed E-state index contributed by atoms with van der Waals surface area (Å²) in [6.45, 7) is 0. The Morgan fingerprint density at radius 1 is 1.03 bits per heavy atom. The van der Waals surface area contributed by atoms with Crippen molar-refractivity contribution in [3.63, 3.8) is 0 Å². The fourth-order valence-electron chi connectivity index (χ4n) is 2.97. The molecule has 150 valence electrons. The maximum absolute atomic E-state index is 11.7. The first kappa shape index (κ1) is 20.0. The number of hydrogen-bond acceptors (Lipinski definition) is 7. The van der Waals surface area contributed by atoms with E-state index < -0.39 is 30.0 Å². The van der Waals surface area contributed by atoms with Gasteiger partial charge in [0.2, 0.25) is 0 Å². The number of rotatable bonds is 3. The lowest BCUT2D eigenvalue weighted by Crippen LogP contribution is -2.13. The molecule has 0 radical (unpaired) electrons. The average molecular weight is 451 g/mol. The lowest BCUT2D eigenvalue weighted by atomic mass is 10.1. The minimum absolute atomic E-state index is 0.285. The summed E-state index contributed by atoms with van der Waals surface area (Å²) >= 11 is 1.45. The van der Waals surface area contributed by atoms with Crippen molar-refractivity contribution in [2.24, 2.45) is 9.98 Å². The standard InChI is InChI=1S/C18H14N2O6S3/c21-28(22,23)11-8-9-17(29(24,25)26)15(10-11)20-14-6-3-5-13-18(14)27-16-7-2-1-4-12(16)19-13/h1,3-5,7-10H,2,6H2,(H,21,22,23)(H,24,25,26). The summed E-state index contributed by atoms with van der Waals surface area (Å²) in [5, 5.41) is 0. The van der Waals surface area contributed by atoms with Crippen LogP contribution >= 0.6 is 11.8 Å². The summed E-state index contributed by atoms with van der Waals surface area (Å²) in [6.07, 6.45) is 10.7. The van der Waals surface area contributed by atoms with E-state index in [-0.39, 0.29) is 5.69 Å². The lowest BCUT2D eigenvalue weighted by Gasteiger charge is -2.23. The normalized spacial score (nSPS) is 20.3. The molecule has 0 saturated carbocycles. The minimum Gasteiger partial charge on any atom is -0.282 e. The molecule has 0 fully saturated rings. The summed E-state index contributed by atoms with van der Waals surface area (Å²) in [6, 6.07) is 2.69. The number of benzene rings is 1. The summed E-state index contributed by atoms with van der Waals surface area (Å²) in [5.74, 6) is 0. The summed E-state index contributed by atoms with van der Waals surface area (Å²) in [4.78, 5) is 9.52. The second-order valence-corrected chi connectivity index (χ2v) is 10.1. The summed E-state index contributed by atoms with van der Waals surface area (Å²) in [5.41, 5.74) is 1.69. The molecule has 1 aliphatic heterocycles. The zero-order valence-electron chi connectivity index (χ0n) is 14.7. The number of fused-ring (bicyclic) bond motifs is 1. The van der Waals surface area contributed by atoms with Gasteiger partial charge in [-0.3, -0.25) is 14.1 Å².